The number of aromatic nitrogens is 1. The van der Waals surface area contributed by atoms with Gasteiger partial charge in [0.2, 0.25) is 0 Å². The third-order valence-corrected chi connectivity index (χ3v) is 6.88. The van der Waals surface area contributed by atoms with E-state index in [0.29, 0.717) is 0 Å². The van der Waals surface area contributed by atoms with E-state index in [4.69, 9.17) is 4.74 Å². The molecule has 1 amide bonds. The summed E-state index contributed by atoms with van der Waals surface area (Å²) in [6, 6.07) is 9.78. The van der Waals surface area contributed by atoms with Crippen molar-refractivity contribution in [1.29, 1.82) is 0 Å². The van der Waals surface area contributed by atoms with E-state index in [2.05, 4.69) is 26.0 Å². The van der Waals surface area contributed by atoms with Crippen LogP contribution in [0.5, 0.6) is 5.75 Å². The van der Waals surface area contributed by atoms with E-state index in [1.54, 1.807) is 39.8 Å². The van der Waals surface area contributed by atoms with Crippen molar-refractivity contribution in [2.75, 3.05) is 0 Å². The number of carbonyl (C=O) groups is 1. The maximum absolute atomic E-state index is 13.5. The molecule has 3 aromatic rings. The van der Waals surface area contributed by atoms with Gasteiger partial charge in [-0.25, -0.2) is 17.2 Å². The van der Waals surface area contributed by atoms with Gasteiger partial charge < -0.3 is 14.8 Å². The molecular weight excluding hydrogens is 541 g/mol. The molecule has 0 radical (unpaired) electrons. The number of fused-ring (bicyclic) bond motifs is 1. The smallest absolute Gasteiger partial charge is 0.444 e. The molecule has 2 aromatic carbocycles. The van der Waals surface area contributed by atoms with Crippen LogP contribution in [0.4, 0.5) is 18.0 Å². The lowest BCUT2D eigenvalue weighted by molar-refractivity contribution is -0.274. The zero-order valence-corrected chi connectivity index (χ0v) is 21.1. The third kappa shape index (κ3) is 6.03. The second-order valence-electron chi connectivity index (χ2n) is 8.46. The van der Waals surface area contributed by atoms with Gasteiger partial charge in [-0.15, -0.1) is 13.2 Å². The van der Waals surface area contributed by atoms with E-state index >= 15 is 0 Å². The molecule has 0 bridgehead atoms. The molecule has 0 aliphatic carbocycles. The Kier molecular flexibility index (Phi) is 6.96. The van der Waals surface area contributed by atoms with Gasteiger partial charge >= 0.3 is 12.5 Å². The van der Waals surface area contributed by atoms with Crippen LogP contribution in [0, 0.1) is 6.92 Å². The Bertz CT molecular complexity index is 1330. The average Bonchev–Trinajstić information content (AvgIpc) is 3.02. The minimum atomic E-state index is -4.94. The topological polar surface area (TPSA) is 86.6 Å². The molecule has 1 heterocycles. The van der Waals surface area contributed by atoms with Crippen molar-refractivity contribution in [3.8, 4) is 5.75 Å². The van der Waals surface area contributed by atoms with Gasteiger partial charge in [0.15, 0.2) is 0 Å². The first kappa shape index (κ1) is 25.9. The number of nitrogens with zero attached hydrogens (tertiary/aromatic N) is 1. The van der Waals surface area contributed by atoms with Crippen molar-refractivity contribution in [2.45, 2.75) is 51.1 Å². The van der Waals surface area contributed by atoms with Crippen LogP contribution < -0.4 is 10.1 Å². The Morgan fingerprint density at radius 1 is 1.09 bits per heavy atom. The van der Waals surface area contributed by atoms with E-state index in [-0.39, 0.29) is 32.5 Å². The van der Waals surface area contributed by atoms with Gasteiger partial charge in [0.25, 0.3) is 10.0 Å². The van der Waals surface area contributed by atoms with E-state index in [0.717, 1.165) is 15.6 Å². The molecule has 1 N–H and O–H groups in total. The third-order valence-electron chi connectivity index (χ3n) is 4.48. The van der Waals surface area contributed by atoms with Gasteiger partial charge in [-0.05, 0) is 74.0 Å². The van der Waals surface area contributed by atoms with Crippen LogP contribution in [0.25, 0.3) is 10.9 Å². The van der Waals surface area contributed by atoms with Crippen molar-refractivity contribution in [1.82, 2.24) is 9.29 Å². The first-order valence-corrected chi connectivity index (χ1v) is 12.2. The number of ether oxygens (including phenoxy) is 2. The largest absolute Gasteiger partial charge is 0.573 e. The molecule has 184 valence electrons. The van der Waals surface area contributed by atoms with Crippen LogP contribution in [0.1, 0.15) is 32.0 Å². The van der Waals surface area contributed by atoms with Gasteiger partial charge in [0.05, 0.1) is 27.1 Å². The van der Waals surface area contributed by atoms with Crippen LogP contribution in [0.3, 0.4) is 0 Å². The maximum Gasteiger partial charge on any atom is 0.573 e. The highest BCUT2D eigenvalue weighted by molar-refractivity contribution is 9.10. The molecule has 0 atom stereocenters. The lowest BCUT2D eigenvalue weighted by Gasteiger charge is -2.20. The molecule has 7 nitrogen and oxygen atoms in total. The normalized spacial score (nSPS) is 12.6. The molecule has 12 heteroatoms. The summed E-state index contributed by atoms with van der Waals surface area (Å²) in [7, 11) is -4.18. The van der Waals surface area contributed by atoms with Crippen LogP contribution in [-0.4, -0.2) is 30.4 Å². The van der Waals surface area contributed by atoms with E-state index < -0.39 is 33.8 Å². The molecule has 0 aliphatic heterocycles. The first-order valence-electron chi connectivity index (χ1n) is 9.95. The average molecular weight is 563 g/mol. The number of benzene rings is 2. The summed E-state index contributed by atoms with van der Waals surface area (Å²) in [5.74, 6) is -0.531. The minimum absolute atomic E-state index is 0.0270. The summed E-state index contributed by atoms with van der Waals surface area (Å²) in [6.07, 6.45) is -5.72. The summed E-state index contributed by atoms with van der Waals surface area (Å²) < 4.78 is 75.5. The SMILES string of the molecule is Cc1ccc(S(=O)(=O)n2c(CNC(=O)OC(C)(C)C)cc3cc(OC(F)(F)F)c(Br)cc32)cc1. The number of hydrogen-bond donors (Lipinski definition) is 1. The Labute approximate surface area is 203 Å². The van der Waals surface area contributed by atoms with Gasteiger partial charge in [0, 0.05) is 5.39 Å². The number of alkyl halides is 3. The number of carbonyl (C=O) groups excluding carboxylic acids is 1. The van der Waals surface area contributed by atoms with Gasteiger partial charge in [-0.2, -0.15) is 0 Å². The van der Waals surface area contributed by atoms with Gasteiger partial charge in [-0.1, -0.05) is 17.7 Å². The molecule has 0 spiro atoms. The lowest BCUT2D eigenvalue weighted by Crippen LogP contribution is -2.33. The van der Waals surface area contributed by atoms with Crippen LogP contribution in [-0.2, 0) is 21.3 Å². The molecule has 34 heavy (non-hydrogen) atoms. The van der Waals surface area contributed by atoms with Crippen molar-refractivity contribution >= 4 is 42.9 Å². The Balaban J connectivity index is 2.14. The number of nitrogens with one attached hydrogen (secondary N) is 1. The standard InChI is InChI=1S/C22H22BrF3N2O5S/c1-13-5-7-16(8-6-13)34(30,31)28-15(12-27-20(29)33-21(2,3)4)9-14-10-19(32-22(24,25)26)17(23)11-18(14)28/h5-11H,12H2,1-4H3,(H,27,29). The van der Waals surface area contributed by atoms with E-state index in [9.17, 15) is 26.4 Å². The molecule has 0 saturated carbocycles. The summed E-state index contributed by atoms with van der Waals surface area (Å²) >= 11 is 3.02. The summed E-state index contributed by atoms with van der Waals surface area (Å²) in [4.78, 5) is 12.1. The van der Waals surface area contributed by atoms with Gasteiger partial charge in [-0.3, -0.25) is 0 Å². The highest BCUT2D eigenvalue weighted by atomic mass is 79.9. The molecule has 0 fully saturated rings. The number of halogens is 4. The maximum atomic E-state index is 13.5. The van der Waals surface area contributed by atoms with Crippen molar-refractivity contribution < 1.29 is 35.9 Å². The predicted molar refractivity (Wildman–Crippen MR) is 123 cm³/mol. The number of amides is 1. The first-order chi connectivity index (χ1) is 15.6. The second-order valence-corrected chi connectivity index (χ2v) is 11.1. The number of aryl methyl sites for hydroxylation is 1. The zero-order valence-electron chi connectivity index (χ0n) is 18.7. The zero-order chi connectivity index (χ0) is 25.5. The van der Waals surface area contributed by atoms with Crippen LogP contribution >= 0.6 is 15.9 Å². The number of alkyl carbamates (subject to hydrolysis) is 1. The monoisotopic (exact) mass is 562 g/mol. The van der Waals surface area contributed by atoms with Crippen molar-refractivity contribution in [3.63, 3.8) is 0 Å². The minimum Gasteiger partial charge on any atom is -0.444 e. The van der Waals surface area contributed by atoms with Crippen LogP contribution in [0.2, 0.25) is 0 Å². The van der Waals surface area contributed by atoms with Crippen molar-refractivity contribution in [2.24, 2.45) is 0 Å². The molecule has 1 aromatic heterocycles. The summed E-state index contributed by atoms with van der Waals surface area (Å²) in [5.41, 5.74) is 0.277. The quantitative estimate of drug-likeness (QED) is 0.420. The molecule has 3 rings (SSSR count). The Morgan fingerprint density at radius 3 is 2.26 bits per heavy atom. The molecule has 0 aliphatic rings. The highest BCUT2D eigenvalue weighted by Crippen LogP contribution is 2.37. The van der Waals surface area contributed by atoms with E-state index in [1.165, 1.54) is 24.3 Å². The molecular formula is C22H22BrF3N2O5S. The summed E-state index contributed by atoms with van der Waals surface area (Å²) in [6.45, 7) is 6.56. The predicted octanol–water partition coefficient (Wildman–Crippen LogP) is 5.87. The Morgan fingerprint density at radius 2 is 1.71 bits per heavy atom. The fourth-order valence-electron chi connectivity index (χ4n) is 3.15. The van der Waals surface area contributed by atoms with Crippen LogP contribution in [0.15, 0.2) is 51.8 Å². The van der Waals surface area contributed by atoms with Gasteiger partial charge in [0.1, 0.15) is 11.4 Å². The summed E-state index contributed by atoms with van der Waals surface area (Å²) in [5, 5.41) is 2.65. The number of hydrogen-bond acceptors (Lipinski definition) is 5. The fraction of sp³-hybridized carbons (Fsp3) is 0.318. The fourth-order valence-corrected chi connectivity index (χ4v) is 5.09. The Hall–Kier alpha value is -2.73. The lowest BCUT2D eigenvalue weighted by atomic mass is 10.2. The second kappa shape index (κ2) is 9.14. The molecule has 0 unspecified atom stereocenters. The highest BCUT2D eigenvalue weighted by Gasteiger charge is 2.33. The molecule has 0 saturated heterocycles. The van der Waals surface area contributed by atoms with Crippen molar-refractivity contribution in [3.05, 3.63) is 58.2 Å². The van der Waals surface area contributed by atoms with E-state index in [1.807, 2.05) is 0 Å². The number of rotatable bonds is 5.